The van der Waals surface area contributed by atoms with Crippen molar-refractivity contribution in [2.24, 2.45) is 0 Å². The summed E-state index contributed by atoms with van der Waals surface area (Å²) in [7, 11) is 1.53. The fourth-order valence-electron chi connectivity index (χ4n) is 2.02. The molecular weight excluding hydrogens is 295 g/mol. The largest absolute Gasteiger partial charge is 0.496 e. The maximum absolute atomic E-state index is 13.2. The smallest absolute Gasteiger partial charge is 0.387 e. The predicted molar refractivity (Wildman–Crippen MR) is 76.6 cm³/mol. The zero-order valence-corrected chi connectivity index (χ0v) is 12.0. The minimum Gasteiger partial charge on any atom is -0.496 e. The molecule has 0 amide bonds. The van der Waals surface area contributed by atoms with E-state index in [0.29, 0.717) is 24.4 Å². The fourth-order valence-corrected chi connectivity index (χ4v) is 2.02. The van der Waals surface area contributed by atoms with Crippen LogP contribution in [0.1, 0.15) is 11.1 Å². The normalized spacial score (nSPS) is 10.8. The van der Waals surface area contributed by atoms with Gasteiger partial charge in [0.1, 0.15) is 17.3 Å². The lowest BCUT2D eigenvalue weighted by atomic mass is 10.1. The van der Waals surface area contributed by atoms with Crippen molar-refractivity contribution < 1.29 is 22.6 Å². The summed E-state index contributed by atoms with van der Waals surface area (Å²) in [6.45, 7) is -1.89. The first-order valence-electron chi connectivity index (χ1n) is 6.65. The summed E-state index contributed by atoms with van der Waals surface area (Å²) in [5, 5.41) is 3.14. The Morgan fingerprint density at radius 3 is 2.41 bits per heavy atom. The summed E-state index contributed by atoms with van der Waals surface area (Å²) in [6.07, 6.45) is 0. The Morgan fingerprint density at radius 2 is 1.77 bits per heavy atom. The highest BCUT2D eigenvalue weighted by Crippen LogP contribution is 2.19. The second-order valence-electron chi connectivity index (χ2n) is 4.58. The lowest BCUT2D eigenvalue weighted by Crippen LogP contribution is -2.13. The van der Waals surface area contributed by atoms with Gasteiger partial charge >= 0.3 is 6.61 Å². The van der Waals surface area contributed by atoms with E-state index in [4.69, 9.17) is 4.74 Å². The SMILES string of the molecule is COc1ccc(F)cc1CNCc1ccc(OC(F)F)cc1. The Hall–Kier alpha value is -2.21. The van der Waals surface area contributed by atoms with Crippen LogP contribution in [0.4, 0.5) is 13.2 Å². The van der Waals surface area contributed by atoms with Gasteiger partial charge in [-0.25, -0.2) is 4.39 Å². The van der Waals surface area contributed by atoms with E-state index < -0.39 is 6.61 Å². The Morgan fingerprint density at radius 1 is 1.05 bits per heavy atom. The number of rotatable bonds is 7. The number of halogens is 3. The van der Waals surface area contributed by atoms with Crippen molar-refractivity contribution in [3.05, 3.63) is 59.4 Å². The van der Waals surface area contributed by atoms with Crippen LogP contribution in [0.3, 0.4) is 0 Å². The second kappa shape index (κ2) is 7.70. The summed E-state index contributed by atoms with van der Waals surface area (Å²) >= 11 is 0. The van der Waals surface area contributed by atoms with Gasteiger partial charge in [0.15, 0.2) is 0 Å². The van der Waals surface area contributed by atoms with Gasteiger partial charge in [-0.1, -0.05) is 12.1 Å². The number of nitrogens with one attached hydrogen (secondary N) is 1. The van der Waals surface area contributed by atoms with E-state index in [2.05, 4.69) is 10.1 Å². The van der Waals surface area contributed by atoms with Gasteiger partial charge in [-0.05, 0) is 35.9 Å². The maximum Gasteiger partial charge on any atom is 0.387 e. The average Bonchev–Trinajstić information content (AvgIpc) is 2.49. The molecule has 118 valence electrons. The van der Waals surface area contributed by atoms with Crippen LogP contribution in [0, 0.1) is 5.82 Å². The van der Waals surface area contributed by atoms with Crippen LogP contribution in [0.25, 0.3) is 0 Å². The monoisotopic (exact) mass is 311 g/mol. The lowest BCUT2D eigenvalue weighted by molar-refractivity contribution is -0.0498. The number of ether oxygens (including phenoxy) is 2. The number of benzene rings is 2. The Labute approximate surface area is 126 Å². The summed E-state index contributed by atoms with van der Waals surface area (Å²) in [5.41, 5.74) is 1.61. The van der Waals surface area contributed by atoms with Gasteiger partial charge in [0.05, 0.1) is 7.11 Å². The zero-order valence-electron chi connectivity index (χ0n) is 12.0. The fraction of sp³-hybridized carbons (Fsp3) is 0.250. The van der Waals surface area contributed by atoms with Crippen LogP contribution in [-0.2, 0) is 13.1 Å². The van der Waals surface area contributed by atoms with Crippen LogP contribution in [-0.4, -0.2) is 13.7 Å². The van der Waals surface area contributed by atoms with Crippen molar-refractivity contribution in [3.63, 3.8) is 0 Å². The van der Waals surface area contributed by atoms with Crippen LogP contribution in [0.5, 0.6) is 11.5 Å². The predicted octanol–water partition coefficient (Wildman–Crippen LogP) is 3.73. The zero-order chi connectivity index (χ0) is 15.9. The molecule has 2 aromatic carbocycles. The third kappa shape index (κ3) is 4.66. The van der Waals surface area contributed by atoms with Gasteiger partial charge in [-0.2, -0.15) is 8.78 Å². The molecule has 0 aliphatic rings. The van der Waals surface area contributed by atoms with Gasteiger partial charge in [0, 0.05) is 18.7 Å². The minimum absolute atomic E-state index is 0.116. The molecule has 0 atom stereocenters. The molecule has 0 aliphatic carbocycles. The van der Waals surface area contributed by atoms with Gasteiger partial charge < -0.3 is 14.8 Å². The molecule has 0 radical (unpaired) electrons. The molecule has 0 saturated heterocycles. The van der Waals surface area contributed by atoms with Crippen LogP contribution in [0.15, 0.2) is 42.5 Å². The first kappa shape index (κ1) is 16.2. The number of alkyl halides is 2. The Kier molecular flexibility index (Phi) is 5.66. The number of hydrogen-bond acceptors (Lipinski definition) is 3. The van der Waals surface area contributed by atoms with Crippen molar-refractivity contribution >= 4 is 0 Å². The van der Waals surface area contributed by atoms with Crippen LogP contribution >= 0.6 is 0 Å². The van der Waals surface area contributed by atoms with E-state index in [1.807, 2.05) is 0 Å². The first-order valence-corrected chi connectivity index (χ1v) is 6.65. The van der Waals surface area contributed by atoms with E-state index in [-0.39, 0.29) is 11.6 Å². The summed E-state index contributed by atoms with van der Waals surface area (Å²) < 4.78 is 46.7. The second-order valence-corrected chi connectivity index (χ2v) is 4.58. The molecule has 0 aromatic heterocycles. The molecule has 0 aliphatic heterocycles. The third-order valence-electron chi connectivity index (χ3n) is 3.04. The standard InChI is InChI=1S/C16H16F3NO2/c1-21-15-7-4-13(17)8-12(15)10-20-9-11-2-5-14(6-3-11)22-16(18)19/h2-8,16,20H,9-10H2,1H3. The van der Waals surface area contributed by atoms with Gasteiger partial charge in [0.25, 0.3) is 0 Å². The highest BCUT2D eigenvalue weighted by Gasteiger charge is 2.05. The molecule has 6 heteroatoms. The van der Waals surface area contributed by atoms with Crippen molar-refractivity contribution in [2.45, 2.75) is 19.7 Å². The quantitative estimate of drug-likeness (QED) is 0.845. The Bertz CT molecular complexity index is 603. The molecular formula is C16H16F3NO2. The van der Waals surface area contributed by atoms with Crippen molar-refractivity contribution in [2.75, 3.05) is 7.11 Å². The average molecular weight is 311 g/mol. The molecule has 2 aromatic rings. The third-order valence-corrected chi connectivity index (χ3v) is 3.04. The van der Waals surface area contributed by atoms with E-state index in [1.165, 1.54) is 31.4 Å². The highest BCUT2D eigenvalue weighted by molar-refractivity contribution is 5.34. The van der Waals surface area contributed by atoms with Crippen LogP contribution in [0.2, 0.25) is 0 Å². The number of methoxy groups -OCH3 is 1. The molecule has 0 spiro atoms. The van der Waals surface area contributed by atoms with Crippen molar-refractivity contribution in [1.29, 1.82) is 0 Å². The van der Waals surface area contributed by atoms with E-state index >= 15 is 0 Å². The van der Waals surface area contributed by atoms with E-state index in [1.54, 1.807) is 18.2 Å². The molecule has 0 saturated carbocycles. The summed E-state index contributed by atoms with van der Waals surface area (Å²) in [6, 6.07) is 10.7. The topological polar surface area (TPSA) is 30.5 Å². The molecule has 22 heavy (non-hydrogen) atoms. The molecule has 0 heterocycles. The van der Waals surface area contributed by atoms with Gasteiger partial charge in [-0.15, -0.1) is 0 Å². The highest BCUT2D eigenvalue weighted by atomic mass is 19.3. The molecule has 0 bridgehead atoms. The minimum atomic E-state index is -2.83. The molecule has 0 unspecified atom stereocenters. The molecule has 1 N–H and O–H groups in total. The Balaban J connectivity index is 1.89. The molecule has 3 nitrogen and oxygen atoms in total. The van der Waals surface area contributed by atoms with Crippen molar-refractivity contribution in [3.8, 4) is 11.5 Å². The first-order chi connectivity index (χ1) is 10.6. The van der Waals surface area contributed by atoms with Gasteiger partial charge in [-0.3, -0.25) is 0 Å². The summed E-state index contributed by atoms with van der Waals surface area (Å²) in [4.78, 5) is 0. The van der Waals surface area contributed by atoms with Crippen molar-refractivity contribution in [1.82, 2.24) is 5.32 Å². The summed E-state index contributed by atoms with van der Waals surface area (Å²) in [5.74, 6) is 0.395. The molecule has 2 rings (SSSR count). The van der Waals surface area contributed by atoms with E-state index in [9.17, 15) is 13.2 Å². The maximum atomic E-state index is 13.2. The lowest BCUT2D eigenvalue weighted by Gasteiger charge is -2.10. The molecule has 0 fully saturated rings. The van der Waals surface area contributed by atoms with E-state index in [0.717, 1.165) is 5.56 Å². The van der Waals surface area contributed by atoms with Crippen LogP contribution < -0.4 is 14.8 Å². The number of hydrogen-bond donors (Lipinski definition) is 1. The van der Waals surface area contributed by atoms with Gasteiger partial charge in [0.2, 0.25) is 0 Å².